The second-order valence-corrected chi connectivity index (χ2v) is 7.75. The third-order valence-corrected chi connectivity index (χ3v) is 5.51. The molecule has 0 saturated carbocycles. The van der Waals surface area contributed by atoms with E-state index < -0.39 is 0 Å². The van der Waals surface area contributed by atoms with Crippen molar-refractivity contribution in [1.29, 1.82) is 0 Å². The first kappa shape index (κ1) is 12.7. The minimum absolute atomic E-state index is 0.00490. The van der Waals surface area contributed by atoms with Crippen LogP contribution in [0.1, 0.15) is 47.0 Å². The maximum absolute atomic E-state index is 6.48. The number of rotatable bonds is 2. The van der Waals surface area contributed by atoms with Crippen molar-refractivity contribution < 1.29 is 4.74 Å². The van der Waals surface area contributed by atoms with Crippen LogP contribution < -0.4 is 5.73 Å². The first-order chi connectivity index (χ1) is 7.32. The monoisotopic (exact) mass is 243 g/mol. The van der Waals surface area contributed by atoms with E-state index in [1.165, 1.54) is 18.6 Å². The minimum atomic E-state index is -0.0634. The highest BCUT2D eigenvalue weighted by atomic mass is 32.2. The van der Waals surface area contributed by atoms with Crippen LogP contribution in [-0.2, 0) is 4.74 Å². The summed E-state index contributed by atoms with van der Waals surface area (Å²) in [5.74, 6) is 1.79. The first-order valence-electron chi connectivity index (χ1n) is 6.39. The Balaban J connectivity index is 2.08. The molecule has 2 nitrogen and oxygen atoms in total. The van der Waals surface area contributed by atoms with Crippen LogP contribution in [0.5, 0.6) is 0 Å². The van der Waals surface area contributed by atoms with Crippen molar-refractivity contribution in [2.75, 3.05) is 5.75 Å². The van der Waals surface area contributed by atoms with Crippen molar-refractivity contribution in [3.8, 4) is 0 Å². The molecule has 16 heavy (non-hydrogen) atoms. The van der Waals surface area contributed by atoms with Crippen LogP contribution in [-0.4, -0.2) is 28.2 Å². The average Bonchev–Trinajstić information content (AvgIpc) is 2.69. The van der Waals surface area contributed by atoms with Crippen LogP contribution >= 0.6 is 11.8 Å². The van der Waals surface area contributed by atoms with E-state index >= 15 is 0 Å². The predicted molar refractivity (Wildman–Crippen MR) is 70.8 cm³/mol. The largest absolute Gasteiger partial charge is 0.369 e. The lowest BCUT2D eigenvalue weighted by molar-refractivity contribution is -0.0766. The van der Waals surface area contributed by atoms with Gasteiger partial charge in [-0.2, -0.15) is 11.8 Å². The van der Waals surface area contributed by atoms with Gasteiger partial charge < -0.3 is 10.5 Å². The maximum Gasteiger partial charge on any atom is 0.0678 e. The third kappa shape index (κ3) is 2.41. The summed E-state index contributed by atoms with van der Waals surface area (Å²) in [7, 11) is 0. The van der Waals surface area contributed by atoms with Crippen LogP contribution in [0.4, 0.5) is 0 Å². The Bertz CT molecular complexity index is 259. The normalized spacial score (nSPS) is 38.8. The molecule has 2 aliphatic heterocycles. The first-order valence-corrected chi connectivity index (χ1v) is 7.44. The van der Waals surface area contributed by atoms with E-state index in [-0.39, 0.29) is 11.2 Å². The molecule has 2 fully saturated rings. The molecular weight excluding hydrogens is 218 g/mol. The van der Waals surface area contributed by atoms with Crippen molar-refractivity contribution in [2.45, 2.75) is 69.5 Å². The van der Waals surface area contributed by atoms with E-state index in [0.717, 1.165) is 6.42 Å². The Morgan fingerprint density at radius 3 is 2.44 bits per heavy atom. The van der Waals surface area contributed by atoms with Crippen LogP contribution in [0.2, 0.25) is 0 Å². The average molecular weight is 243 g/mol. The number of ether oxygens (including phenoxy) is 1. The highest BCUT2D eigenvalue weighted by Crippen LogP contribution is 2.46. The van der Waals surface area contributed by atoms with Gasteiger partial charge in [-0.1, -0.05) is 0 Å². The zero-order valence-corrected chi connectivity index (χ0v) is 11.8. The summed E-state index contributed by atoms with van der Waals surface area (Å²) in [6.45, 7) is 8.77. The number of hydrogen-bond acceptors (Lipinski definition) is 3. The molecule has 3 unspecified atom stereocenters. The minimum Gasteiger partial charge on any atom is -0.369 e. The van der Waals surface area contributed by atoms with Crippen molar-refractivity contribution in [3.63, 3.8) is 0 Å². The molecule has 3 atom stereocenters. The lowest BCUT2D eigenvalue weighted by Crippen LogP contribution is -2.46. The molecule has 2 saturated heterocycles. The van der Waals surface area contributed by atoms with Gasteiger partial charge in [-0.3, -0.25) is 0 Å². The van der Waals surface area contributed by atoms with Crippen LogP contribution in [0, 0.1) is 5.92 Å². The van der Waals surface area contributed by atoms with E-state index in [4.69, 9.17) is 10.5 Å². The van der Waals surface area contributed by atoms with Gasteiger partial charge in [0.1, 0.15) is 0 Å². The second-order valence-electron chi connectivity index (χ2n) is 6.40. The van der Waals surface area contributed by atoms with Gasteiger partial charge in [0.25, 0.3) is 0 Å². The third-order valence-electron chi connectivity index (χ3n) is 4.00. The summed E-state index contributed by atoms with van der Waals surface area (Å²) in [5, 5.41) is 0.654. The van der Waals surface area contributed by atoms with Gasteiger partial charge in [0.2, 0.25) is 0 Å². The quantitative estimate of drug-likeness (QED) is 0.810. The fourth-order valence-corrected chi connectivity index (χ4v) is 4.75. The van der Waals surface area contributed by atoms with Gasteiger partial charge in [-0.05, 0) is 52.7 Å². The molecule has 2 rings (SSSR count). The van der Waals surface area contributed by atoms with E-state index in [0.29, 0.717) is 17.2 Å². The van der Waals surface area contributed by atoms with E-state index in [9.17, 15) is 0 Å². The lowest BCUT2D eigenvalue weighted by atomic mass is 9.80. The van der Waals surface area contributed by atoms with Gasteiger partial charge in [0, 0.05) is 17.2 Å². The molecule has 2 N–H and O–H groups in total. The van der Waals surface area contributed by atoms with Gasteiger partial charge in [0.05, 0.1) is 11.2 Å². The lowest BCUT2D eigenvalue weighted by Gasteiger charge is -2.33. The molecule has 0 aromatic heterocycles. The Hall–Kier alpha value is 0.270. The zero-order chi connectivity index (χ0) is 12.0. The van der Waals surface area contributed by atoms with Crippen molar-refractivity contribution in [2.24, 2.45) is 11.7 Å². The van der Waals surface area contributed by atoms with Gasteiger partial charge in [0.15, 0.2) is 0 Å². The fourth-order valence-electron chi connectivity index (χ4n) is 3.37. The predicted octanol–water partition coefficient (Wildman–Crippen LogP) is 2.80. The summed E-state index contributed by atoms with van der Waals surface area (Å²) in [5.41, 5.74) is 6.41. The number of nitrogens with two attached hydrogens (primary N) is 1. The fraction of sp³-hybridized carbons (Fsp3) is 1.00. The van der Waals surface area contributed by atoms with Gasteiger partial charge in [-0.25, -0.2) is 0 Å². The molecular formula is C13H25NOS. The van der Waals surface area contributed by atoms with E-state index in [2.05, 4.69) is 39.5 Å². The highest BCUT2D eigenvalue weighted by molar-refractivity contribution is 8.00. The molecule has 2 heterocycles. The topological polar surface area (TPSA) is 35.2 Å². The molecule has 2 aliphatic rings. The Morgan fingerprint density at radius 2 is 2.00 bits per heavy atom. The number of hydrogen-bond donors (Lipinski definition) is 1. The Morgan fingerprint density at radius 1 is 1.31 bits per heavy atom. The van der Waals surface area contributed by atoms with Crippen LogP contribution in [0.15, 0.2) is 0 Å². The summed E-state index contributed by atoms with van der Waals surface area (Å²) in [6, 6.07) is 0.296. The summed E-state index contributed by atoms with van der Waals surface area (Å²) < 4.78 is 6.14. The molecule has 0 aromatic carbocycles. The smallest absolute Gasteiger partial charge is 0.0678 e. The maximum atomic E-state index is 6.48. The zero-order valence-electron chi connectivity index (χ0n) is 11.0. The molecule has 0 amide bonds. The summed E-state index contributed by atoms with van der Waals surface area (Å²) >= 11 is 2.06. The molecule has 0 bridgehead atoms. The van der Waals surface area contributed by atoms with E-state index in [1.54, 1.807) is 0 Å². The van der Waals surface area contributed by atoms with Crippen molar-refractivity contribution in [1.82, 2.24) is 0 Å². The molecule has 0 radical (unpaired) electrons. The Labute approximate surface area is 104 Å². The summed E-state index contributed by atoms with van der Waals surface area (Å²) in [4.78, 5) is 0. The number of thioether (sulfide) groups is 1. The van der Waals surface area contributed by atoms with Crippen LogP contribution in [0.25, 0.3) is 0 Å². The second kappa shape index (κ2) is 4.18. The SMILES string of the molecule is CC1(C)CC(C(N)C2CCCS2)C(C)(C)O1. The van der Waals surface area contributed by atoms with Gasteiger partial charge in [-0.15, -0.1) is 0 Å². The van der Waals surface area contributed by atoms with Gasteiger partial charge >= 0.3 is 0 Å². The Kier molecular flexibility index (Phi) is 3.32. The summed E-state index contributed by atoms with van der Waals surface area (Å²) in [6.07, 6.45) is 3.72. The molecule has 0 spiro atoms. The van der Waals surface area contributed by atoms with Crippen LogP contribution in [0.3, 0.4) is 0 Å². The standard InChI is InChI=1S/C13H25NOS/c1-12(2)8-9(13(3,4)15-12)11(14)10-6-5-7-16-10/h9-11H,5-8,14H2,1-4H3. The highest BCUT2D eigenvalue weighted by Gasteiger charge is 2.49. The van der Waals surface area contributed by atoms with Crippen molar-refractivity contribution >= 4 is 11.8 Å². The molecule has 0 aliphatic carbocycles. The molecule has 3 heteroatoms. The van der Waals surface area contributed by atoms with Crippen molar-refractivity contribution in [3.05, 3.63) is 0 Å². The van der Waals surface area contributed by atoms with E-state index in [1.807, 2.05) is 0 Å². The molecule has 94 valence electrons. The molecule has 0 aromatic rings.